The van der Waals surface area contributed by atoms with Crippen LogP contribution < -0.4 is 0 Å². The van der Waals surface area contributed by atoms with E-state index < -0.39 is 0 Å². The quantitative estimate of drug-likeness (QED) is 0.577. The lowest BCUT2D eigenvalue weighted by molar-refractivity contribution is 0.0194. The number of carbonyl (C=O) groups is 1. The lowest BCUT2D eigenvalue weighted by Gasteiger charge is -2.59. The van der Waals surface area contributed by atoms with Crippen LogP contribution in [0.4, 0.5) is 0 Å². The van der Waals surface area contributed by atoms with Crippen molar-refractivity contribution in [2.24, 2.45) is 17.8 Å². The molecule has 1 aromatic rings. The van der Waals surface area contributed by atoms with E-state index in [9.17, 15) is 4.79 Å². The fourth-order valence-electron chi connectivity index (χ4n) is 5.38. The highest BCUT2D eigenvalue weighted by molar-refractivity contribution is 9.10. The topological polar surface area (TPSA) is 17.1 Å². The highest BCUT2D eigenvalue weighted by atomic mass is 79.9. The van der Waals surface area contributed by atoms with Gasteiger partial charge in [0.15, 0.2) is 0 Å². The standard InChI is InChI=1S/C17H19BrO/c18-17-8-11-5-12(9-17)7-14(6-11)16(17)15-4-2-1-3-13(15)10-19/h1-4,10-12,14,16H,5-9H2. The molecular formula is C17H19BrO. The molecule has 4 aliphatic rings. The van der Waals surface area contributed by atoms with Crippen LogP contribution in [0.3, 0.4) is 0 Å². The highest BCUT2D eigenvalue weighted by Gasteiger charge is 2.56. The van der Waals surface area contributed by atoms with Crippen molar-refractivity contribution >= 4 is 22.2 Å². The molecule has 1 aromatic carbocycles. The number of benzene rings is 1. The SMILES string of the molecule is O=Cc1ccccc1C1C2CC3CC(C2)CC1(Br)C3. The number of halogens is 1. The van der Waals surface area contributed by atoms with Gasteiger partial charge in [-0.3, -0.25) is 4.79 Å². The minimum absolute atomic E-state index is 0.265. The van der Waals surface area contributed by atoms with Crippen molar-refractivity contribution in [3.8, 4) is 0 Å². The third-order valence-electron chi connectivity index (χ3n) is 5.68. The number of carbonyl (C=O) groups excluding carboxylic acids is 1. The molecule has 0 radical (unpaired) electrons. The Hall–Kier alpha value is -0.630. The van der Waals surface area contributed by atoms with Gasteiger partial charge < -0.3 is 0 Å². The summed E-state index contributed by atoms with van der Waals surface area (Å²) in [6.07, 6.45) is 7.85. The zero-order valence-electron chi connectivity index (χ0n) is 11.0. The highest BCUT2D eigenvalue weighted by Crippen LogP contribution is 2.65. The van der Waals surface area contributed by atoms with Gasteiger partial charge in [0, 0.05) is 15.8 Å². The summed E-state index contributed by atoms with van der Waals surface area (Å²) in [4.78, 5) is 11.4. The Labute approximate surface area is 122 Å². The first kappa shape index (κ1) is 12.1. The Morgan fingerprint density at radius 1 is 1.11 bits per heavy atom. The fraction of sp³-hybridized carbons (Fsp3) is 0.588. The van der Waals surface area contributed by atoms with E-state index in [1.54, 1.807) is 0 Å². The van der Waals surface area contributed by atoms with E-state index in [0.29, 0.717) is 5.92 Å². The van der Waals surface area contributed by atoms with Crippen molar-refractivity contribution in [2.75, 3.05) is 0 Å². The van der Waals surface area contributed by atoms with E-state index in [1.807, 2.05) is 12.1 Å². The van der Waals surface area contributed by atoms with E-state index in [4.69, 9.17) is 0 Å². The van der Waals surface area contributed by atoms with E-state index in [1.165, 1.54) is 37.7 Å². The van der Waals surface area contributed by atoms with Crippen LogP contribution in [-0.4, -0.2) is 10.6 Å². The van der Waals surface area contributed by atoms with Crippen molar-refractivity contribution in [1.29, 1.82) is 0 Å². The number of aldehydes is 1. The van der Waals surface area contributed by atoms with Gasteiger partial charge in [0.1, 0.15) is 6.29 Å². The summed E-state index contributed by atoms with van der Waals surface area (Å²) in [6.45, 7) is 0. The second-order valence-electron chi connectivity index (χ2n) is 6.87. The number of hydrogen-bond acceptors (Lipinski definition) is 1. The summed E-state index contributed by atoms with van der Waals surface area (Å²) in [6, 6.07) is 8.22. The molecule has 4 aliphatic carbocycles. The normalized spacial score (nSPS) is 43.4. The summed E-state index contributed by atoms with van der Waals surface area (Å²) in [5, 5.41) is 0. The largest absolute Gasteiger partial charge is 0.298 e. The lowest BCUT2D eigenvalue weighted by atomic mass is 9.50. The third kappa shape index (κ3) is 1.75. The van der Waals surface area contributed by atoms with Gasteiger partial charge in [-0.1, -0.05) is 40.2 Å². The summed E-state index contributed by atoms with van der Waals surface area (Å²) in [5.41, 5.74) is 2.19. The van der Waals surface area contributed by atoms with Crippen LogP contribution in [-0.2, 0) is 0 Å². The smallest absolute Gasteiger partial charge is 0.150 e. The zero-order chi connectivity index (χ0) is 13.0. The minimum Gasteiger partial charge on any atom is -0.298 e. The Morgan fingerprint density at radius 2 is 1.79 bits per heavy atom. The average molecular weight is 319 g/mol. The first-order valence-electron chi connectivity index (χ1n) is 7.42. The molecule has 0 amide bonds. The predicted molar refractivity (Wildman–Crippen MR) is 79.8 cm³/mol. The molecule has 0 saturated heterocycles. The summed E-state index contributed by atoms with van der Waals surface area (Å²) in [7, 11) is 0. The van der Waals surface area contributed by atoms with Crippen LogP contribution in [0.15, 0.2) is 24.3 Å². The minimum atomic E-state index is 0.265. The average Bonchev–Trinajstić information content (AvgIpc) is 2.37. The molecule has 3 unspecified atom stereocenters. The molecule has 5 rings (SSSR count). The van der Waals surface area contributed by atoms with Crippen LogP contribution in [0, 0.1) is 17.8 Å². The summed E-state index contributed by atoms with van der Waals surface area (Å²) >= 11 is 4.11. The maximum Gasteiger partial charge on any atom is 0.150 e. The molecule has 4 fully saturated rings. The van der Waals surface area contributed by atoms with Crippen LogP contribution >= 0.6 is 15.9 Å². The van der Waals surface area contributed by atoms with Gasteiger partial charge in [0.2, 0.25) is 0 Å². The molecular weight excluding hydrogens is 300 g/mol. The predicted octanol–water partition coefficient (Wildman–Crippen LogP) is 4.56. The molecule has 1 nitrogen and oxygen atoms in total. The number of rotatable bonds is 2. The Bertz CT molecular complexity index is 510. The van der Waals surface area contributed by atoms with Crippen LogP contribution in [0.1, 0.15) is 53.9 Å². The molecule has 0 N–H and O–H groups in total. The molecule has 0 aliphatic heterocycles. The third-order valence-corrected chi connectivity index (χ3v) is 6.82. The van der Waals surface area contributed by atoms with Gasteiger partial charge in [-0.25, -0.2) is 0 Å². The number of hydrogen-bond donors (Lipinski definition) is 0. The van der Waals surface area contributed by atoms with Gasteiger partial charge in [0.05, 0.1) is 0 Å². The fourth-order valence-corrected chi connectivity index (χ4v) is 6.91. The number of alkyl halides is 1. The molecule has 2 heteroatoms. The van der Waals surface area contributed by atoms with E-state index in [0.717, 1.165) is 29.6 Å². The maximum absolute atomic E-state index is 11.4. The first-order chi connectivity index (χ1) is 9.19. The molecule has 100 valence electrons. The lowest BCUT2D eigenvalue weighted by Crippen LogP contribution is -2.52. The van der Waals surface area contributed by atoms with Crippen LogP contribution in [0.5, 0.6) is 0 Å². The molecule has 0 spiro atoms. The van der Waals surface area contributed by atoms with E-state index in [2.05, 4.69) is 28.1 Å². The molecule has 19 heavy (non-hydrogen) atoms. The van der Waals surface area contributed by atoms with Crippen molar-refractivity contribution in [3.05, 3.63) is 35.4 Å². The Kier molecular flexibility index (Phi) is 2.67. The first-order valence-corrected chi connectivity index (χ1v) is 8.22. The van der Waals surface area contributed by atoms with Gasteiger partial charge in [0.25, 0.3) is 0 Å². The van der Waals surface area contributed by atoms with Crippen molar-refractivity contribution < 1.29 is 4.79 Å². The second kappa shape index (κ2) is 4.18. The molecule has 4 bridgehead atoms. The summed E-state index contributed by atoms with van der Waals surface area (Å²) < 4.78 is 0.265. The molecule has 3 atom stereocenters. The van der Waals surface area contributed by atoms with Crippen molar-refractivity contribution in [1.82, 2.24) is 0 Å². The second-order valence-corrected chi connectivity index (χ2v) is 8.45. The van der Waals surface area contributed by atoms with E-state index in [-0.39, 0.29) is 4.32 Å². The Morgan fingerprint density at radius 3 is 2.42 bits per heavy atom. The molecule has 0 heterocycles. The van der Waals surface area contributed by atoms with Crippen molar-refractivity contribution in [3.63, 3.8) is 0 Å². The monoisotopic (exact) mass is 318 g/mol. The van der Waals surface area contributed by atoms with Gasteiger partial charge in [-0.2, -0.15) is 0 Å². The van der Waals surface area contributed by atoms with Gasteiger partial charge >= 0.3 is 0 Å². The van der Waals surface area contributed by atoms with Crippen LogP contribution in [0.2, 0.25) is 0 Å². The van der Waals surface area contributed by atoms with Crippen molar-refractivity contribution in [2.45, 2.75) is 42.3 Å². The molecule has 4 saturated carbocycles. The van der Waals surface area contributed by atoms with Gasteiger partial charge in [-0.15, -0.1) is 0 Å². The van der Waals surface area contributed by atoms with E-state index >= 15 is 0 Å². The summed E-state index contributed by atoms with van der Waals surface area (Å²) in [5.74, 6) is 3.18. The van der Waals surface area contributed by atoms with Gasteiger partial charge in [-0.05, 0) is 55.4 Å². The maximum atomic E-state index is 11.4. The zero-order valence-corrected chi connectivity index (χ0v) is 12.6. The Balaban J connectivity index is 1.80. The van der Waals surface area contributed by atoms with Crippen LogP contribution in [0.25, 0.3) is 0 Å². The molecule has 0 aromatic heterocycles.